The molecule has 0 saturated heterocycles. The highest BCUT2D eigenvalue weighted by Gasteiger charge is 2.19. The van der Waals surface area contributed by atoms with Crippen LogP contribution in [0.1, 0.15) is 17.3 Å². The predicted octanol–water partition coefficient (Wildman–Crippen LogP) is 3.46. The van der Waals surface area contributed by atoms with Crippen LogP contribution in [0, 0.1) is 0 Å². The number of thiol groups is 1. The fourth-order valence-electron chi connectivity index (χ4n) is 1.76. The number of anilines is 1. The van der Waals surface area contributed by atoms with Gasteiger partial charge in [0.05, 0.1) is 17.9 Å². The highest BCUT2D eigenvalue weighted by atomic mass is 32.1. The summed E-state index contributed by atoms with van der Waals surface area (Å²) in [4.78, 5) is 24.4. The first-order valence-corrected chi connectivity index (χ1v) is 7.87. The van der Waals surface area contributed by atoms with Gasteiger partial charge in [0, 0.05) is 4.88 Å². The third-order valence-electron chi connectivity index (χ3n) is 2.68. The van der Waals surface area contributed by atoms with Gasteiger partial charge in [0.1, 0.15) is 5.00 Å². The molecule has 0 saturated carbocycles. The molecule has 0 atom stereocenters. The third kappa shape index (κ3) is 3.86. The van der Waals surface area contributed by atoms with Crippen molar-refractivity contribution < 1.29 is 14.3 Å². The molecule has 1 amide bonds. The number of thiophene rings is 1. The first-order valence-electron chi connectivity index (χ1n) is 6.42. The molecular formula is C15H15NO3S2. The zero-order valence-electron chi connectivity index (χ0n) is 11.5. The van der Waals surface area contributed by atoms with Gasteiger partial charge in [-0.25, -0.2) is 4.79 Å². The van der Waals surface area contributed by atoms with Crippen molar-refractivity contribution in [3.05, 3.63) is 42.0 Å². The van der Waals surface area contributed by atoms with Gasteiger partial charge in [0.25, 0.3) is 0 Å². The maximum Gasteiger partial charge on any atom is 0.341 e. The van der Waals surface area contributed by atoms with E-state index in [9.17, 15) is 9.59 Å². The second-order valence-corrected chi connectivity index (χ2v) is 5.51. The molecule has 4 nitrogen and oxygen atoms in total. The molecule has 21 heavy (non-hydrogen) atoms. The van der Waals surface area contributed by atoms with E-state index in [1.54, 1.807) is 13.0 Å². The number of hydrogen-bond acceptors (Lipinski definition) is 5. The number of nitrogens with one attached hydrogen (secondary N) is 1. The van der Waals surface area contributed by atoms with E-state index >= 15 is 0 Å². The number of hydrogen-bond donors (Lipinski definition) is 2. The number of amides is 1. The van der Waals surface area contributed by atoms with Crippen LogP contribution in [0.3, 0.4) is 0 Å². The van der Waals surface area contributed by atoms with Crippen molar-refractivity contribution in [2.45, 2.75) is 6.92 Å². The minimum absolute atomic E-state index is 0.0564. The lowest BCUT2D eigenvalue weighted by atomic mass is 10.1. The van der Waals surface area contributed by atoms with Crippen LogP contribution < -0.4 is 5.32 Å². The minimum Gasteiger partial charge on any atom is -0.462 e. The highest BCUT2D eigenvalue weighted by Crippen LogP contribution is 2.35. The molecule has 0 fully saturated rings. The molecular weight excluding hydrogens is 306 g/mol. The Balaban J connectivity index is 2.39. The van der Waals surface area contributed by atoms with E-state index in [4.69, 9.17) is 4.74 Å². The van der Waals surface area contributed by atoms with Gasteiger partial charge in [-0.3, -0.25) is 4.79 Å². The van der Waals surface area contributed by atoms with Crippen LogP contribution >= 0.6 is 24.0 Å². The maximum absolute atomic E-state index is 12.0. The number of carbonyl (C=O) groups excluding carboxylic acids is 2. The summed E-state index contributed by atoms with van der Waals surface area (Å²) in [5, 5.41) is 3.18. The Bertz CT molecular complexity index is 638. The summed E-state index contributed by atoms with van der Waals surface area (Å²) in [5.41, 5.74) is 1.36. The molecule has 2 rings (SSSR count). The van der Waals surface area contributed by atoms with Gasteiger partial charge in [-0.2, -0.15) is 12.6 Å². The van der Waals surface area contributed by atoms with E-state index in [1.165, 1.54) is 11.3 Å². The van der Waals surface area contributed by atoms with E-state index in [1.807, 2.05) is 30.3 Å². The number of rotatable bonds is 5. The summed E-state index contributed by atoms with van der Waals surface area (Å²) < 4.78 is 5.03. The summed E-state index contributed by atoms with van der Waals surface area (Å²) >= 11 is 5.27. The Hall–Kier alpha value is -1.79. The van der Waals surface area contributed by atoms with Crippen LogP contribution in [0.2, 0.25) is 0 Å². The fraction of sp³-hybridized carbons (Fsp3) is 0.200. The standard InChI is InChI=1S/C15H15NO3S2/c1-2-19-15(18)11-8-12(10-6-4-3-5-7-10)21-14(11)16-13(17)9-20/h3-8,20H,2,9H2,1H3,(H,16,17). The van der Waals surface area contributed by atoms with Crippen molar-refractivity contribution in [2.75, 3.05) is 17.7 Å². The largest absolute Gasteiger partial charge is 0.462 e. The average molecular weight is 321 g/mol. The lowest BCUT2D eigenvalue weighted by molar-refractivity contribution is -0.113. The van der Waals surface area contributed by atoms with Crippen molar-refractivity contribution >= 4 is 40.8 Å². The van der Waals surface area contributed by atoms with E-state index in [0.29, 0.717) is 10.6 Å². The van der Waals surface area contributed by atoms with Gasteiger partial charge in [0.2, 0.25) is 5.91 Å². The van der Waals surface area contributed by atoms with Crippen LogP contribution in [0.5, 0.6) is 0 Å². The molecule has 0 unspecified atom stereocenters. The third-order valence-corrected chi connectivity index (χ3v) is 4.07. The first kappa shape index (κ1) is 15.6. The highest BCUT2D eigenvalue weighted by molar-refractivity contribution is 7.81. The van der Waals surface area contributed by atoms with Crippen molar-refractivity contribution in [2.24, 2.45) is 0 Å². The van der Waals surface area contributed by atoms with Gasteiger partial charge in [-0.15, -0.1) is 11.3 Å². The molecule has 1 aromatic carbocycles. The van der Waals surface area contributed by atoms with Gasteiger partial charge < -0.3 is 10.1 Å². The monoisotopic (exact) mass is 321 g/mol. The molecule has 1 aromatic heterocycles. The van der Waals surface area contributed by atoms with Crippen LogP contribution in [-0.2, 0) is 9.53 Å². The van der Waals surface area contributed by atoms with Gasteiger partial charge in [0.15, 0.2) is 0 Å². The Morgan fingerprint density at radius 2 is 2.00 bits per heavy atom. The molecule has 1 heterocycles. The van der Waals surface area contributed by atoms with E-state index in [-0.39, 0.29) is 18.3 Å². The van der Waals surface area contributed by atoms with Crippen molar-refractivity contribution in [3.8, 4) is 10.4 Å². The number of benzene rings is 1. The molecule has 0 aliphatic heterocycles. The minimum atomic E-state index is -0.439. The predicted molar refractivity (Wildman–Crippen MR) is 88.2 cm³/mol. The molecule has 2 aromatic rings. The zero-order chi connectivity index (χ0) is 15.2. The second kappa shape index (κ2) is 7.28. The maximum atomic E-state index is 12.0. The van der Waals surface area contributed by atoms with Crippen molar-refractivity contribution in [3.63, 3.8) is 0 Å². The number of ether oxygens (including phenoxy) is 1. The van der Waals surface area contributed by atoms with E-state index in [2.05, 4.69) is 17.9 Å². The quantitative estimate of drug-likeness (QED) is 0.655. The summed E-state index contributed by atoms with van der Waals surface area (Å²) in [7, 11) is 0. The van der Waals surface area contributed by atoms with Crippen molar-refractivity contribution in [1.29, 1.82) is 0 Å². The summed E-state index contributed by atoms with van der Waals surface area (Å²) in [6, 6.07) is 11.4. The normalized spacial score (nSPS) is 10.2. The van der Waals surface area contributed by atoms with Gasteiger partial charge >= 0.3 is 5.97 Å². The molecule has 0 spiro atoms. The first-order chi connectivity index (χ1) is 10.2. The summed E-state index contributed by atoms with van der Waals surface area (Å²) in [6.45, 7) is 2.03. The van der Waals surface area contributed by atoms with Crippen LogP contribution in [0.4, 0.5) is 5.00 Å². The van der Waals surface area contributed by atoms with Crippen LogP contribution in [-0.4, -0.2) is 24.2 Å². The molecule has 1 N–H and O–H groups in total. The second-order valence-electron chi connectivity index (χ2n) is 4.15. The topological polar surface area (TPSA) is 55.4 Å². The van der Waals surface area contributed by atoms with E-state index in [0.717, 1.165) is 10.4 Å². The SMILES string of the molecule is CCOC(=O)c1cc(-c2ccccc2)sc1NC(=O)CS. The van der Waals surface area contributed by atoms with Gasteiger partial charge in [-0.05, 0) is 18.6 Å². The van der Waals surface area contributed by atoms with Gasteiger partial charge in [-0.1, -0.05) is 30.3 Å². The molecule has 0 aliphatic carbocycles. The Labute approximate surface area is 132 Å². The lowest BCUT2D eigenvalue weighted by Gasteiger charge is -2.04. The number of carbonyl (C=O) groups is 2. The average Bonchev–Trinajstić information content (AvgIpc) is 2.92. The Morgan fingerprint density at radius 1 is 1.29 bits per heavy atom. The van der Waals surface area contributed by atoms with Crippen LogP contribution in [0.25, 0.3) is 10.4 Å². The number of esters is 1. The summed E-state index contributed by atoms with van der Waals surface area (Å²) in [6.07, 6.45) is 0. The molecule has 6 heteroatoms. The fourth-order valence-corrected chi connectivity index (χ4v) is 2.90. The molecule has 0 bridgehead atoms. The van der Waals surface area contributed by atoms with Crippen molar-refractivity contribution in [1.82, 2.24) is 0 Å². The lowest BCUT2D eigenvalue weighted by Crippen LogP contribution is -2.14. The molecule has 110 valence electrons. The molecule has 0 aliphatic rings. The zero-order valence-corrected chi connectivity index (χ0v) is 13.2. The Kier molecular flexibility index (Phi) is 5.41. The smallest absolute Gasteiger partial charge is 0.341 e. The van der Waals surface area contributed by atoms with Crippen LogP contribution in [0.15, 0.2) is 36.4 Å². The van der Waals surface area contributed by atoms with E-state index < -0.39 is 5.97 Å². The summed E-state index contributed by atoms with van der Waals surface area (Å²) in [5.74, 6) is -0.642. The molecule has 0 radical (unpaired) electrons. The Morgan fingerprint density at radius 3 is 2.62 bits per heavy atom.